The van der Waals surface area contributed by atoms with E-state index in [1.54, 1.807) is 42.5 Å². The molecule has 0 N–H and O–H groups in total. The first-order valence-corrected chi connectivity index (χ1v) is 11.5. The SMILES string of the molecule is COc1ccc(C(=O)Oc2cccc(C=C3SC(=S)N(c4cccc(C)c4)C3=O)c2)cc1OC. The first kappa shape index (κ1) is 23.5. The molecule has 34 heavy (non-hydrogen) atoms. The number of amides is 1. The third-order valence-electron chi connectivity index (χ3n) is 5.04. The number of esters is 1. The number of hydrogen-bond acceptors (Lipinski definition) is 7. The standard InChI is InChI=1S/C26H21NO5S2/c1-16-6-4-8-19(12-16)27-24(28)23(34-26(27)33)14-17-7-5-9-20(13-17)32-25(29)18-10-11-21(30-2)22(15-18)31-3/h4-15H,1-3H3. The molecular formula is C26H21NO5S2. The molecule has 3 aromatic rings. The van der Waals surface area contributed by atoms with E-state index < -0.39 is 5.97 Å². The molecule has 0 atom stereocenters. The number of thioether (sulfide) groups is 1. The van der Waals surface area contributed by atoms with E-state index in [2.05, 4.69) is 0 Å². The molecule has 6 nitrogen and oxygen atoms in total. The number of thiocarbonyl (C=S) groups is 1. The van der Waals surface area contributed by atoms with Crippen LogP contribution in [0.1, 0.15) is 21.5 Å². The Kier molecular flexibility index (Phi) is 7.00. The molecule has 1 aliphatic heterocycles. The van der Waals surface area contributed by atoms with Gasteiger partial charge in [0.05, 0.1) is 30.4 Å². The fourth-order valence-corrected chi connectivity index (χ4v) is 4.70. The highest BCUT2D eigenvalue weighted by molar-refractivity contribution is 8.27. The van der Waals surface area contributed by atoms with E-state index in [9.17, 15) is 9.59 Å². The molecule has 0 aliphatic carbocycles. The summed E-state index contributed by atoms with van der Waals surface area (Å²) in [6.07, 6.45) is 1.74. The van der Waals surface area contributed by atoms with Crippen LogP contribution in [0.5, 0.6) is 17.2 Å². The molecule has 0 saturated carbocycles. The van der Waals surface area contributed by atoms with Gasteiger partial charge in [0, 0.05) is 0 Å². The Balaban J connectivity index is 1.53. The summed E-state index contributed by atoms with van der Waals surface area (Å²) in [7, 11) is 3.02. The first-order valence-electron chi connectivity index (χ1n) is 10.3. The van der Waals surface area contributed by atoms with Gasteiger partial charge in [0.25, 0.3) is 5.91 Å². The minimum Gasteiger partial charge on any atom is -0.493 e. The van der Waals surface area contributed by atoms with Crippen LogP contribution in [0.4, 0.5) is 5.69 Å². The van der Waals surface area contributed by atoms with E-state index in [4.69, 9.17) is 26.4 Å². The molecular weight excluding hydrogens is 470 g/mol. The predicted molar refractivity (Wildman–Crippen MR) is 138 cm³/mol. The highest BCUT2D eigenvalue weighted by Gasteiger charge is 2.33. The van der Waals surface area contributed by atoms with E-state index >= 15 is 0 Å². The summed E-state index contributed by atoms with van der Waals surface area (Å²) in [5.74, 6) is 0.574. The quantitative estimate of drug-likeness (QED) is 0.191. The Morgan fingerprint density at radius 3 is 2.47 bits per heavy atom. The lowest BCUT2D eigenvalue weighted by Gasteiger charge is -2.14. The summed E-state index contributed by atoms with van der Waals surface area (Å²) in [5, 5.41) is 0. The van der Waals surface area contributed by atoms with Crippen LogP contribution in [-0.4, -0.2) is 30.4 Å². The van der Waals surface area contributed by atoms with Gasteiger partial charge in [0.2, 0.25) is 0 Å². The number of ether oxygens (including phenoxy) is 3. The fourth-order valence-electron chi connectivity index (χ4n) is 3.41. The fraction of sp³-hybridized carbons (Fsp3) is 0.115. The van der Waals surface area contributed by atoms with E-state index in [0.29, 0.717) is 37.6 Å². The van der Waals surface area contributed by atoms with Gasteiger partial charge in [-0.25, -0.2) is 4.79 Å². The van der Waals surface area contributed by atoms with Crippen molar-refractivity contribution in [3.63, 3.8) is 0 Å². The minimum atomic E-state index is -0.538. The van der Waals surface area contributed by atoms with Gasteiger partial charge < -0.3 is 14.2 Å². The van der Waals surface area contributed by atoms with Crippen molar-refractivity contribution in [1.82, 2.24) is 0 Å². The van der Waals surface area contributed by atoms with Gasteiger partial charge in [-0.05, 0) is 66.6 Å². The largest absolute Gasteiger partial charge is 0.493 e. The van der Waals surface area contributed by atoms with Crippen LogP contribution in [0.25, 0.3) is 6.08 Å². The monoisotopic (exact) mass is 491 g/mol. The van der Waals surface area contributed by atoms with Gasteiger partial charge in [0.15, 0.2) is 15.8 Å². The van der Waals surface area contributed by atoms with Crippen molar-refractivity contribution in [1.29, 1.82) is 0 Å². The molecule has 0 spiro atoms. The maximum absolute atomic E-state index is 13.0. The second kappa shape index (κ2) is 10.1. The summed E-state index contributed by atoms with van der Waals surface area (Å²) < 4.78 is 16.5. The molecule has 0 radical (unpaired) electrons. The van der Waals surface area contributed by atoms with Crippen molar-refractivity contribution in [2.75, 3.05) is 19.1 Å². The molecule has 1 saturated heterocycles. The minimum absolute atomic E-state index is 0.187. The third kappa shape index (κ3) is 4.98. The van der Waals surface area contributed by atoms with Crippen molar-refractivity contribution in [3.05, 3.63) is 88.3 Å². The highest BCUT2D eigenvalue weighted by atomic mass is 32.2. The normalized spacial score (nSPS) is 14.4. The molecule has 1 fully saturated rings. The number of anilines is 1. The topological polar surface area (TPSA) is 65.1 Å². The summed E-state index contributed by atoms with van der Waals surface area (Å²) in [6.45, 7) is 1.96. The van der Waals surface area contributed by atoms with Crippen LogP contribution < -0.4 is 19.1 Å². The van der Waals surface area contributed by atoms with Crippen molar-refractivity contribution >= 4 is 51.9 Å². The predicted octanol–water partition coefficient (Wildman–Crippen LogP) is 5.64. The van der Waals surface area contributed by atoms with E-state index in [1.165, 1.54) is 30.9 Å². The number of methoxy groups -OCH3 is 2. The molecule has 0 aromatic heterocycles. The number of aryl methyl sites for hydroxylation is 1. The molecule has 1 amide bonds. The number of carbonyl (C=O) groups is 2. The summed E-state index contributed by atoms with van der Waals surface area (Å²) in [5.41, 5.74) is 2.81. The van der Waals surface area contributed by atoms with Gasteiger partial charge in [-0.1, -0.05) is 48.2 Å². The van der Waals surface area contributed by atoms with Crippen molar-refractivity contribution in [2.24, 2.45) is 0 Å². The molecule has 4 rings (SSSR count). The third-order valence-corrected chi connectivity index (χ3v) is 6.34. The molecule has 8 heteroatoms. The molecule has 1 heterocycles. The van der Waals surface area contributed by atoms with E-state index in [0.717, 1.165) is 11.3 Å². The molecule has 0 bridgehead atoms. The van der Waals surface area contributed by atoms with Crippen molar-refractivity contribution in [2.45, 2.75) is 6.92 Å². The lowest BCUT2D eigenvalue weighted by molar-refractivity contribution is -0.113. The zero-order valence-electron chi connectivity index (χ0n) is 18.7. The maximum atomic E-state index is 13.0. The Morgan fingerprint density at radius 2 is 1.74 bits per heavy atom. The lowest BCUT2D eigenvalue weighted by Crippen LogP contribution is -2.27. The Bertz CT molecular complexity index is 1320. The number of hydrogen-bond donors (Lipinski definition) is 0. The molecule has 1 aliphatic rings. The van der Waals surface area contributed by atoms with Crippen LogP contribution in [-0.2, 0) is 4.79 Å². The number of rotatable bonds is 6. The van der Waals surface area contributed by atoms with Crippen LogP contribution in [0.15, 0.2) is 71.6 Å². The second-order valence-electron chi connectivity index (χ2n) is 7.39. The molecule has 3 aromatic carbocycles. The smallest absolute Gasteiger partial charge is 0.343 e. The lowest BCUT2D eigenvalue weighted by atomic mass is 10.1. The van der Waals surface area contributed by atoms with Crippen LogP contribution in [0.2, 0.25) is 0 Å². The van der Waals surface area contributed by atoms with E-state index in [1.807, 2.05) is 37.3 Å². The summed E-state index contributed by atoms with van der Waals surface area (Å²) in [4.78, 5) is 27.7. The summed E-state index contributed by atoms with van der Waals surface area (Å²) >= 11 is 6.69. The van der Waals surface area contributed by atoms with Gasteiger partial charge in [-0.2, -0.15) is 0 Å². The van der Waals surface area contributed by atoms with Gasteiger partial charge in [-0.15, -0.1) is 0 Å². The van der Waals surface area contributed by atoms with Crippen LogP contribution >= 0.6 is 24.0 Å². The van der Waals surface area contributed by atoms with Crippen molar-refractivity contribution < 1.29 is 23.8 Å². The molecule has 0 unspecified atom stereocenters. The van der Waals surface area contributed by atoms with Gasteiger partial charge in [0.1, 0.15) is 5.75 Å². The van der Waals surface area contributed by atoms with Gasteiger partial charge >= 0.3 is 5.97 Å². The highest BCUT2D eigenvalue weighted by Crippen LogP contribution is 2.36. The maximum Gasteiger partial charge on any atom is 0.343 e. The van der Waals surface area contributed by atoms with Crippen LogP contribution in [0, 0.1) is 6.92 Å². The molecule has 172 valence electrons. The van der Waals surface area contributed by atoms with E-state index in [-0.39, 0.29) is 5.91 Å². The number of nitrogens with zero attached hydrogens (tertiary/aromatic N) is 1. The Hall–Kier alpha value is -3.62. The average molecular weight is 492 g/mol. The van der Waals surface area contributed by atoms with Crippen molar-refractivity contribution in [3.8, 4) is 17.2 Å². The zero-order chi connectivity index (χ0) is 24.2. The first-order chi connectivity index (χ1) is 16.4. The summed E-state index contributed by atoms with van der Waals surface area (Å²) in [6, 6.07) is 19.4. The average Bonchev–Trinajstić information content (AvgIpc) is 3.11. The number of carbonyl (C=O) groups excluding carboxylic acids is 2. The Morgan fingerprint density at radius 1 is 0.971 bits per heavy atom. The Labute approximate surface area is 207 Å². The van der Waals surface area contributed by atoms with Crippen LogP contribution in [0.3, 0.4) is 0 Å². The zero-order valence-corrected chi connectivity index (χ0v) is 20.4. The van der Waals surface area contributed by atoms with Gasteiger partial charge in [-0.3, -0.25) is 9.69 Å². The number of benzene rings is 3. The second-order valence-corrected chi connectivity index (χ2v) is 9.06.